The molecule has 0 spiro atoms. The highest BCUT2D eigenvalue weighted by molar-refractivity contribution is 8.01. The molecule has 1 heterocycles. The maximum atomic E-state index is 11.5. The van der Waals surface area contributed by atoms with E-state index in [1.165, 1.54) is 22.0 Å². The van der Waals surface area contributed by atoms with Gasteiger partial charge in [0.1, 0.15) is 17.5 Å². The van der Waals surface area contributed by atoms with E-state index in [-0.39, 0.29) is 5.97 Å². The molecular formula is C13H16NO2S2+. The van der Waals surface area contributed by atoms with Gasteiger partial charge in [0.25, 0.3) is 4.34 Å². The van der Waals surface area contributed by atoms with Gasteiger partial charge in [0.15, 0.2) is 0 Å². The van der Waals surface area contributed by atoms with E-state index in [0.29, 0.717) is 12.4 Å². The highest BCUT2D eigenvalue weighted by atomic mass is 32.2. The van der Waals surface area contributed by atoms with Crippen LogP contribution in [0.3, 0.4) is 0 Å². The van der Waals surface area contributed by atoms with E-state index in [9.17, 15) is 4.79 Å². The minimum Gasteiger partial charge on any atom is -0.465 e. The Kier molecular flexibility index (Phi) is 4.60. The molecule has 0 saturated carbocycles. The smallest absolute Gasteiger partial charge is 0.316 e. The number of thiazole rings is 1. The summed E-state index contributed by atoms with van der Waals surface area (Å²) < 4.78 is 9.55. The van der Waals surface area contributed by atoms with Crippen molar-refractivity contribution >= 4 is 39.3 Å². The van der Waals surface area contributed by atoms with E-state index in [4.69, 9.17) is 4.74 Å². The van der Waals surface area contributed by atoms with Crippen molar-refractivity contribution in [3.05, 3.63) is 24.3 Å². The summed E-state index contributed by atoms with van der Waals surface area (Å²) in [6.45, 7) is 2.50. The second-order valence-corrected chi connectivity index (χ2v) is 6.16. The summed E-state index contributed by atoms with van der Waals surface area (Å²) in [5.41, 5.74) is 1.20. The highest BCUT2D eigenvalue weighted by Crippen LogP contribution is 2.27. The lowest BCUT2D eigenvalue weighted by atomic mass is 10.3. The van der Waals surface area contributed by atoms with Crippen molar-refractivity contribution < 1.29 is 14.1 Å². The quantitative estimate of drug-likeness (QED) is 0.480. The molecule has 0 N–H and O–H groups in total. The second kappa shape index (κ2) is 6.20. The predicted octanol–water partition coefficient (Wildman–Crippen LogP) is 2.77. The van der Waals surface area contributed by atoms with Crippen molar-refractivity contribution in [2.45, 2.75) is 17.7 Å². The molecule has 5 heteroatoms. The van der Waals surface area contributed by atoms with Gasteiger partial charge in [0, 0.05) is 6.07 Å². The van der Waals surface area contributed by atoms with E-state index >= 15 is 0 Å². The molecule has 3 nitrogen and oxygen atoms in total. The topological polar surface area (TPSA) is 30.2 Å². The molecule has 0 saturated heterocycles. The number of nitrogens with zero attached hydrogens (tertiary/aromatic N) is 1. The first kappa shape index (κ1) is 13.4. The Bertz CT molecular complexity index is 551. The number of ether oxygens (including phenoxy) is 1. The van der Waals surface area contributed by atoms with Crippen LogP contribution in [0.5, 0.6) is 0 Å². The fourth-order valence-electron chi connectivity index (χ4n) is 1.59. The molecule has 0 amide bonds. The predicted molar refractivity (Wildman–Crippen MR) is 75.0 cm³/mol. The first-order valence-electron chi connectivity index (χ1n) is 5.88. The zero-order chi connectivity index (χ0) is 13.0. The molecule has 0 aliphatic heterocycles. The Morgan fingerprint density at radius 3 is 2.94 bits per heavy atom. The number of rotatable bonds is 5. The monoisotopic (exact) mass is 282 g/mol. The van der Waals surface area contributed by atoms with E-state index in [1.54, 1.807) is 11.3 Å². The van der Waals surface area contributed by atoms with E-state index < -0.39 is 0 Å². The average Bonchev–Trinajstić information content (AvgIpc) is 2.71. The Morgan fingerprint density at radius 1 is 1.44 bits per heavy atom. The minimum atomic E-state index is -0.140. The number of aromatic nitrogens is 1. The SMILES string of the molecule is CCCOC(=O)CSc1sc2ccccc2[n+]1C. The van der Waals surface area contributed by atoms with Crippen molar-refractivity contribution in [2.75, 3.05) is 12.4 Å². The lowest BCUT2D eigenvalue weighted by Crippen LogP contribution is -2.28. The van der Waals surface area contributed by atoms with E-state index in [0.717, 1.165) is 10.8 Å². The lowest BCUT2D eigenvalue weighted by molar-refractivity contribution is -0.676. The summed E-state index contributed by atoms with van der Waals surface area (Å²) in [7, 11) is 2.03. The normalized spacial score (nSPS) is 10.8. The maximum absolute atomic E-state index is 11.5. The van der Waals surface area contributed by atoms with Crippen LogP contribution in [0.2, 0.25) is 0 Å². The van der Waals surface area contributed by atoms with E-state index in [1.807, 2.05) is 26.1 Å². The van der Waals surface area contributed by atoms with Gasteiger partial charge in [0.05, 0.1) is 6.61 Å². The van der Waals surface area contributed by atoms with Gasteiger partial charge in [-0.2, -0.15) is 4.57 Å². The van der Waals surface area contributed by atoms with Crippen LogP contribution in [0.25, 0.3) is 10.2 Å². The van der Waals surface area contributed by atoms with Gasteiger partial charge >= 0.3 is 5.97 Å². The molecule has 0 aliphatic rings. The molecule has 0 unspecified atom stereocenters. The minimum absolute atomic E-state index is 0.140. The number of carbonyl (C=O) groups excluding carboxylic acids is 1. The molecule has 2 rings (SSSR count). The fraction of sp³-hybridized carbons (Fsp3) is 0.385. The number of fused-ring (bicyclic) bond motifs is 1. The summed E-state index contributed by atoms with van der Waals surface area (Å²) in [6, 6.07) is 8.24. The summed E-state index contributed by atoms with van der Waals surface area (Å²) >= 11 is 3.25. The van der Waals surface area contributed by atoms with E-state index in [2.05, 4.69) is 16.7 Å². The standard InChI is InChI=1S/C13H16NO2S2/c1-3-8-16-12(15)9-17-13-14(2)10-6-4-5-7-11(10)18-13/h4-7H,3,8-9H2,1-2H3/q+1. The van der Waals surface area contributed by atoms with Crippen molar-refractivity contribution in [1.82, 2.24) is 0 Å². The van der Waals surface area contributed by atoms with Crippen LogP contribution in [0, 0.1) is 0 Å². The lowest BCUT2D eigenvalue weighted by Gasteiger charge is -1.99. The number of aryl methyl sites for hydroxylation is 1. The van der Waals surface area contributed by atoms with Gasteiger partial charge in [-0.3, -0.25) is 4.79 Å². The first-order chi connectivity index (χ1) is 8.72. The molecule has 0 fully saturated rings. The zero-order valence-corrected chi connectivity index (χ0v) is 12.1. The Hall–Kier alpha value is -1.07. The van der Waals surface area contributed by atoms with Gasteiger partial charge < -0.3 is 4.74 Å². The Labute approximate surface area is 115 Å². The molecule has 2 aromatic rings. The van der Waals surface area contributed by atoms with Gasteiger partial charge in [-0.25, -0.2) is 0 Å². The molecule has 1 aromatic heterocycles. The van der Waals surface area contributed by atoms with Crippen LogP contribution in [0.15, 0.2) is 28.6 Å². The third-order valence-corrected chi connectivity index (χ3v) is 5.00. The molecule has 96 valence electrons. The van der Waals surface area contributed by atoms with Gasteiger partial charge in [-0.15, -0.1) is 0 Å². The van der Waals surface area contributed by atoms with Crippen LogP contribution in [0.4, 0.5) is 0 Å². The summed E-state index contributed by atoms with van der Waals surface area (Å²) in [5.74, 6) is 0.236. The van der Waals surface area contributed by atoms with Crippen molar-refractivity contribution in [3.63, 3.8) is 0 Å². The third-order valence-electron chi connectivity index (χ3n) is 2.48. The summed E-state index contributed by atoms with van der Waals surface area (Å²) in [6.07, 6.45) is 0.868. The molecule has 0 aliphatic carbocycles. The number of thioether (sulfide) groups is 1. The largest absolute Gasteiger partial charge is 0.465 e. The van der Waals surface area contributed by atoms with Gasteiger partial charge in [-0.1, -0.05) is 30.4 Å². The maximum Gasteiger partial charge on any atom is 0.316 e. The molecule has 0 atom stereocenters. The Morgan fingerprint density at radius 2 is 2.22 bits per heavy atom. The average molecular weight is 282 g/mol. The number of esters is 1. The first-order valence-corrected chi connectivity index (χ1v) is 7.68. The molecule has 18 heavy (non-hydrogen) atoms. The van der Waals surface area contributed by atoms with Crippen molar-refractivity contribution in [1.29, 1.82) is 0 Å². The number of carbonyl (C=O) groups is 1. The van der Waals surface area contributed by atoms with Crippen LogP contribution < -0.4 is 4.57 Å². The fourth-order valence-corrected chi connectivity index (χ4v) is 3.76. The molecule has 0 bridgehead atoms. The van der Waals surface area contributed by atoms with Crippen LogP contribution >= 0.6 is 23.1 Å². The second-order valence-electron chi connectivity index (χ2n) is 3.90. The summed E-state index contributed by atoms with van der Waals surface area (Å²) in [5, 5.41) is 0. The van der Waals surface area contributed by atoms with Gasteiger partial charge in [0.2, 0.25) is 5.52 Å². The number of hydrogen-bond donors (Lipinski definition) is 0. The molecule has 0 radical (unpaired) electrons. The molecule has 1 aromatic carbocycles. The number of para-hydroxylation sites is 1. The van der Waals surface area contributed by atoms with Crippen molar-refractivity contribution in [2.24, 2.45) is 7.05 Å². The van der Waals surface area contributed by atoms with Crippen LogP contribution in [0.1, 0.15) is 13.3 Å². The highest BCUT2D eigenvalue weighted by Gasteiger charge is 2.18. The number of hydrogen-bond acceptors (Lipinski definition) is 4. The summed E-state index contributed by atoms with van der Waals surface area (Å²) in [4.78, 5) is 11.5. The molecular weight excluding hydrogens is 266 g/mol. The van der Waals surface area contributed by atoms with Crippen LogP contribution in [-0.4, -0.2) is 18.3 Å². The van der Waals surface area contributed by atoms with Crippen molar-refractivity contribution in [3.8, 4) is 0 Å². The van der Waals surface area contributed by atoms with Crippen LogP contribution in [-0.2, 0) is 16.6 Å². The Balaban J connectivity index is 2.03. The third kappa shape index (κ3) is 3.03. The number of benzene rings is 1. The van der Waals surface area contributed by atoms with Gasteiger partial charge in [-0.05, 0) is 24.2 Å². The zero-order valence-electron chi connectivity index (χ0n) is 10.5.